The van der Waals surface area contributed by atoms with Crippen LogP contribution in [0.3, 0.4) is 0 Å². The molecule has 1 heterocycles. The summed E-state index contributed by atoms with van der Waals surface area (Å²) < 4.78 is 11.3. The number of hydrogen-bond donors (Lipinski definition) is 1. The van der Waals surface area contributed by atoms with E-state index in [1.165, 1.54) is 12.0 Å². The molecule has 6 nitrogen and oxygen atoms in total. The third-order valence-corrected chi connectivity index (χ3v) is 5.02. The average Bonchev–Trinajstić information content (AvgIpc) is 2.83. The fraction of sp³-hybridized carbons (Fsp3) is 0.333. The number of carbonyl (C=O) groups excluding carboxylic acids is 2. The van der Waals surface area contributed by atoms with Gasteiger partial charge in [-0.05, 0) is 37.5 Å². The van der Waals surface area contributed by atoms with Crippen molar-refractivity contribution in [3.63, 3.8) is 0 Å². The summed E-state index contributed by atoms with van der Waals surface area (Å²) in [6.45, 7) is 0.489. The average molecular weight is 447 g/mol. The van der Waals surface area contributed by atoms with Gasteiger partial charge in [-0.25, -0.2) is 0 Å². The molecule has 28 heavy (non-hydrogen) atoms. The first-order valence-corrected chi connectivity index (χ1v) is 10.3. The number of anilines is 2. The number of benzene rings is 2. The molecule has 148 valence electrons. The molecule has 0 aromatic heterocycles. The van der Waals surface area contributed by atoms with Crippen LogP contribution in [0, 0.1) is 0 Å². The molecule has 0 radical (unpaired) electrons. The van der Waals surface area contributed by atoms with E-state index in [9.17, 15) is 9.59 Å². The number of unbranched alkanes of at least 4 members (excludes halogenated alkanes) is 2. The quantitative estimate of drug-likeness (QED) is 0.486. The Morgan fingerprint density at radius 3 is 2.57 bits per heavy atom. The Morgan fingerprint density at radius 2 is 1.86 bits per heavy atom. The standard InChI is InChI=1S/C21H23BrN2O4/c1-27-18-12-16-17(13-19(18)28-11-7-3-6-10-22)23-20(25)14-24(21(16)26)15-8-4-2-5-9-15/h2,4-5,8-9,12-13H,3,6-7,10-11,14H2,1H3,(H,23,25). The van der Waals surface area contributed by atoms with Gasteiger partial charge >= 0.3 is 0 Å². The van der Waals surface area contributed by atoms with Crippen LogP contribution in [-0.4, -0.2) is 37.4 Å². The van der Waals surface area contributed by atoms with E-state index in [2.05, 4.69) is 21.2 Å². The van der Waals surface area contributed by atoms with E-state index in [1.807, 2.05) is 18.2 Å². The van der Waals surface area contributed by atoms with Gasteiger partial charge in [-0.15, -0.1) is 0 Å². The smallest absolute Gasteiger partial charge is 0.261 e. The first-order valence-electron chi connectivity index (χ1n) is 9.21. The molecule has 2 amide bonds. The molecule has 2 aromatic rings. The number of ether oxygens (including phenoxy) is 2. The van der Waals surface area contributed by atoms with Crippen LogP contribution in [0.5, 0.6) is 11.5 Å². The molecule has 0 bridgehead atoms. The minimum absolute atomic E-state index is 0.0530. The molecule has 0 saturated carbocycles. The molecule has 1 aliphatic rings. The van der Waals surface area contributed by atoms with Gasteiger partial charge in [-0.2, -0.15) is 0 Å². The van der Waals surface area contributed by atoms with Crippen molar-refractivity contribution in [3.05, 3.63) is 48.0 Å². The van der Waals surface area contributed by atoms with E-state index in [1.54, 1.807) is 24.3 Å². The molecule has 0 spiro atoms. The van der Waals surface area contributed by atoms with Gasteiger partial charge in [0.2, 0.25) is 5.91 Å². The molecule has 1 N–H and O–H groups in total. The molecular formula is C21H23BrN2O4. The number of rotatable bonds is 8. The molecule has 0 saturated heterocycles. The highest BCUT2D eigenvalue weighted by Gasteiger charge is 2.29. The highest BCUT2D eigenvalue weighted by Crippen LogP contribution is 2.36. The third-order valence-electron chi connectivity index (χ3n) is 4.46. The van der Waals surface area contributed by atoms with Crippen LogP contribution in [0.25, 0.3) is 0 Å². The van der Waals surface area contributed by atoms with Gasteiger partial charge < -0.3 is 14.8 Å². The minimum atomic E-state index is -0.262. The Bertz CT molecular complexity index is 842. The van der Waals surface area contributed by atoms with Crippen molar-refractivity contribution in [3.8, 4) is 11.5 Å². The fourth-order valence-corrected chi connectivity index (χ4v) is 3.43. The van der Waals surface area contributed by atoms with Gasteiger partial charge in [-0.1, -0.05) is 34.1 Å². The summed E-state index contributed by atoms with van der Waals surface area (Å²) in [5.41, 5.74) is 1.48. The SMILES string of the molecule is COc1cc2c(cc1OCCCCCBr)NC(=O)CN(c1ccccc1)C2=O. The van der Waals surface area contributed by atoms with E-state index in [-0.39, 0.29) is 18.4 Å². The van der Waals surface area contributed by atoms with Gasteiger partial charge in [0.25, 0.3) is 5.91 Å². The van der Waals surface area contributed by atoms with E-state index in [4.69, 9.17) is 9.47 Å². The Labute approximate surface area is 172 Å². The second-order valence-corrected chi connectivity index (χ2v) is 7.21. The number of para-hydroxylation sites is 1. The normalized spacial score (nSPS) is 13.6. The van der Waals surface area contributed by atoms with Crippen molar-refractivity contribution in [2.75, 3.05) is 35.8 Å². The molecule has 0 atom stereocenters. The second kappa shape index (κ2) is 9.59. The number of methoxy groups -OCH3 is 1. The summed E-state index contributed by atoms with van der Waals surface area (Å²) in [7, 11) is 1.54. The topological polar surface area (TPSA) is 67.9 Å². The van der Waals surface area contributed by atoms with Gasteiger partial charge in [-0.3, -0.25) is 14.5 Å². The van der Waals surface area contributed by atoms with Crippen molar-refractivity contribution in [2.24, 2.45) is 0 Å². The van der Waals surface area contributed by atoms with Crippen LogP contribution in [-0.2, 0) is 4.79 Å². The highest BCUT2D eigenvalue weighted by atomic mass is 79.9. The Hall–Kier alpha value is -2.54. The minimum Gasteiger partial charge on any atom is -0.493 e. The number of amides is 2. The van der Waals surface area contributed by atoms with E-state index >= 15 is 0 Å². The van der Waals surface area contributed by atoms with Crippen LogP contribution >= 0.6 is 15.9 Å². The summed E-state index contributed by atoms with van der Waals surface area (Å²) >= 11 is 3.41. The largest absolute Gasteiger partial charge is 0.493 e. The third kappa shape index (κ3) is 4.65. The van der Waals surface area contributed by atoms with Crippen LogP contribution in [0.2, 0.25) is 0 Å². The number of carbonyl (C=O) groups is 2. The summed E-state index contributed by atoms with van der Waals surface area (Å²) in [5.74, 6) is 0.462. The maximum Gasteiger partial charge on any atom is 0.261 e. The van der Waals surface area contributed by atoms with E-state index in [0.717, 1.165) is 24.6 Å². The Kier molecular flexibility index (Phi) is 6.92. The summed E-state index contributed by atoms with van der Waals surface area (Å²) in [6.07, 6.45) is 3.06. The molecule has 2 aromatic carbocycles. The first kappa shape index (κ1) is 20.2. The monoisotopic (exact) mass is 446 g/mol. The predicted octanol–water partition coefficient (Wildman–Crippen LogP) is 4.24. The number of nitrogens with one attached hydrogen (secondary N) is 1. The lowest BCUT2D eigenvalue weighted by molar-refractivity contribution is -0.114. The summed E-state index contributed by atoms with van der Waals surface area (Å²) in [4.78, 5) is 27.0. The molecular weight excluding hydrogens is 424 g/mol. The zero-order valence-corrected chi connectivity index (χ0v) is 17.3. The van der Waals surface area contributed by atoms with E-state index < -0.39 is 0 Å². The number of nitrogens with zero attached hydrogens (tertiary/aromatic N) is 1. The van der Waals surface area contributed by atoms with E-state index in [0.29, 0.717) is 35.0 Å². The second-order valence-electron chi connectivity index (χ2n) is 6.42. The van der Waals surface area contributed by atoms with Crippen molar-refractivity contribution in [1.82, 2.24) is 0 Å². The van der Waals surface area contributed by atoms with Crippen LogP contribution < -0.4 is 19.7 Å². The molecule has 7 heteroatoms. The van der Waals surface area contributed by atoms with Crippen molar-refractivity contribution in [1.29, 1.82) is 0 Å². The lowest BCUT2D eigenvalue weighted by Gasteiger charge is -2.20. The molecule has 0 aliphatic carbocycles. The molecule has 1 aliphatic heterocycles. The van der Waals surface area contributed by atoms with Gasteiger partial charge in [0.15, 0.2) is 11.5 Å². The summed E-state index contributed by atoms with van der Waals surface area (Å²) in [5, 5.41) is 3.79. The zero-order valence-electron chi connectivity index (χ0n) is 15.7. The summed E-state index contributed by atoms with van der Waals surface area (Å²) in [6, 6.07) is 12.4. The number of fused-ring (bicyclic) bond motifs is 1. The van der Waals surface area contributed by atoms with Gasteiger partial charge in [0.1, 0.15) is 6.54 Å². The maximum atomic E-state index is 13.1. The van der Waals surface area contributed by atoms with Crippen molar-refractivity contribution < 1.29 is 19.1 Å². The van der Waals surface area contributed by atoms with Gasteiger partial charge in [0, 0.05) is 17.1 Å². The Balaban J connectivity index is 1.88. The van der Waals surface area contributed by atoms with Crippen LogP contribution in [0.15, 0.2) is 42.5 Å². The number of halogens is 1. The van der Waals surface area contributed by atoms with Crippen LogP contribution in [0.1, 0.15) is 29.6 Å². The zero-order chi connectivity index (χ0) is 19.9. The number of alkyl halides is 1. The van der Waals surface area contributed by atoms with Crippen molar-refractivity contribution >= 4 is 39.1 Å². The van der Waals surface area contributed by atoms with Gasteiger partial charge in [0.05, 0.1) is 25.0 Å². The molecule has 3 rings (SSSR count). The Morgan fingerprint density at radius 1 is 1.07 bits per heavy atom. The van der Waals surface area contributed by atoms with Crippen molar-refractivity contribution in [2.45, 2.75) is 19.3 Å². The predicted molar refractivity (Wildman–Crippen MR) is 113 cm³/mol. The molecule has 0 fully saturated rings. The maximum absolute atomic E-state index is 13.1. The van der Waals surface area contributed by atoms with Crippen LogP contribution in [0.4, 0.5) is 11.4 Å². The number of hydrogen-bond acceptors (Lipinski definition) is 4. The first-order chi connectivity index (χ1) is 13.6. The lowest BCUT2D eigenvalue weighted by atomic mass is 10.1. The fourth-order valence-electron chi connectivity index (χ4n) is 3.04. The highest BCUT2D eigenvalue weighted by molar-refractivity contribution is 9.09. The lowest BCUT2D eigenvalue weighted by Crippen LogP contribution is -2.34. The molecule has 0 unspecified atom stereocenters.